The maximum Gasteiger partial charge on any atom is 0.242 e. The third kappa shape index (κ3) is 7.10. The molecule has 0 radical (unpaired) electrons. The summed E-state index contributed by atoms with van der Waals surface area (Å²) >= 11 is 5.34. The van der Waals surface area contributed by atoms with Crippen molar-refractivity contribution in [2.75, 3.05) is 0 Å². The smallest absolute Gasteiger partial charge is 0.242 e. The maximum atomic E-state index is 12.9. The van der Waals surface area contributed by atoms with E-state index in [1.54, 1.807) is 48.5 Å². The van der Waals surface area contributed by atoms with Crippen molar-refractivity contribution in [3.05, 3.63) is 91.5 Å². The molecule has 7 nitrogen and oxygen atoms in total. The number of amides is 1. The molecular formula is C23H21BrIN3O4S. The fourth-order valence-corrected chi connectivity index (χ4v) is 5.75. The van der Waals surface area contributed by atoms with Crippen LogP contribution < -0.4 is 10.1 Å². The molecule has 0 aliphatic carbocycles. The zero-order chi connectivity index (χ0) is 24.0. The number of sulfonamides is 1. The van der Waals surface area contributed by atoms with Crippen LogP contribution in [0.25, 0.3) is 0 Å². The van der Waals surface area contributed by atoms with Crippen LogP contribution in [0.4, 0.5) is 0 Å². The Kier molecular flexibility index (Phi) is 8.63. The van der Waals surface area contributed by atoms with Gasteiger partial charge < -0.3 is 5.11 Å². The topological polar surface area (TPSA) is 108 Å². The lowest BCUT2D eigenvalue weighted by Crippen LogP contribution is -2.32. The van der Waals surface area contributed by atoms with Crippen molar-refractivity contribution < 1.29 is 18.3 Å². The second-order valence-corrected chi connectivity index (χ2v) is 11.0. The van der Waals surface area contributed by atoms with Gasteiger partial charge in [-0.05, 0) is 59.3 Å². The summed E-state index contributed by atoms with van der Waals surface area (Å²) < 4.78 is 29.8. The molecule has 0 unspecified atom stereocenters. The number of carbonyl (C=O) groups is 1. The molecule has 3 aromatic rings. The maximum absolute atomic E-state index is 12.9. The van der Waals surface area contributed by atoms with Crippen molar-refractivity contribution in [2.24, 2.45) is 5.10 Å². The molecule has 10 heteroatoms. The average molecular weight is 642 g/mol. The van der Waals surface area contributed by atoms with E-state index in [-0.39, 0.29) is 17.1 Å². The number of hydrogen-bond acceptors (Lipinski definition) is 5. The Morgan fingerprint density at radius 3 is 2.48 bits per heavy atom. The Labute approximate surface area is 214 Å². The van der Waals surface area contributed by atoms with E-state index in [0.717, 1.165) is 10.0 Å². The SMILES string of the molecule is Cc1ccc(S(=O)(=O)N[C@@H](CC(=O)N/N=C\c2cc(Br)cc(I)c2O)c2ccccc2)cc1. The fraction of sp³-hybridized carbons (Fsp3) is 0.130. The minimum absolute atomic E-state index is 0.0461. The van der Waals surface area contributed by atoms with Gasteiger partial charge in [0.05, 0.1) is 20.7 Å². The summed E-state index contributed by atoms with van der Waals surface area (Å²) in [7, 11) is -3.86. The minimum atomic E-state index is -3.86. The molecule has 1 atom stereocenters. The number of carbonyl (C=O) groups excluding carboxylic acids is 1. The van der Waals surface area contributed by atoms with E-state index in [1.807, 2.05) is 35.6 Å². The number of nitrogens with one attached hydrogen (secondary N) is 2. The van der Waals surface area contributed by atoms with Gasteiger partial charge in [-0.25, -0.2) is 18.6 Å². The number of halogens is 2. The Hall–Kier alpha value is -2.28. The number of nitrogens with zero attached hydrogens (tertiary/aromatic N) is 1. The van der Waals surface area contributed by atoms with Crippen LogP contribution in [0.15, 0.2) is 81.2 Å². The largest absolute Gasteiger partial charge is 0.506 e. The van der Waals surface area contributed by atoms with Crippen molar-refractivity contribution in [3.8, 4) is 5.75 Å². The van der Waals surface area contributed by atoms with Crippen molar-refractivity contribution in [1.82, 2.24) is 10.1 Å². The third-order valence-electron chi connectivity index (χ3n) is 4.67. The Balaban J connectivity index is 1.76. The quantitative estimate of drug-likeness (QED) is 0.189. The molecule has 0 saturated carbocycles. The van der Waals surface area contributed by atoms with Crippen LogP contribution in [0, 0.1) is 10.5 Å². The van der Waals surface area contributed by atoms with Gasteiger partial charge in [-0.2, -0.15) is 5.10 Å². The molecule has 0 spiro atoms. The van der Waals surface area contributed by atoms with E-state index in [1.165, 1.54) is 18.3 Å². The monoisotopic (exact) mass is 641 g/mol. The van der Waals surface area contributed by atoms with Gasteiger partial charge in [-0.1, -0.05) is 64.0 Å². The predicted molar refractivity (Wildman–Crippen MR) is 140 cm³/mol. The second-order valence-electron chi connectivity index (χ2n) is 7.22. The number of benzene rings is 3. The van der Waals surface area contributed by atoms with Crippen molar-refractivity contribution in [2.45, 2.75) is 24.3 Å². The Bertz CT molecular complexity index is 1270. The van der Waals surface area contributed by atoms with Crippen LogP contribution >= 0.6 is 38.5 Å². The first-order valence-electron chi connectivity index (χ1n) is 9.79. The van der Waals surface area contributed by atoms with Crippen LogP contribution in [0.2, 0.25) is 0 Å². The van der Waals surface area contributed by atoms with Gasteiger partial charge in [-0.3, -0.25) is 4.79 Å². The summed E-state index contributed by atoms with van der Waals surface area (Å²) in [6, 6.07) is 17.9. The first-order valence-corrected chi connectivity index (χ1v) is 13.1. The van der Waals surface area contributed by atoms with Crippen molar-refractivity contribution in [1.29, 1.82) is 0 Å². The fourth-order valence-electron chi connectivity index (χ4n) is 2.97. The number of phenols is 1. The van der Waals surface area contributed by atoms with E-state index >= 15 is 0 Å². The van der Waals surface area contributed by atoms with Gasteiger partial charge in [-0.15, -0.1) is 0 Å². The highest BCUT2D eigenvalue weighted by Crippen LogP contribution is 2.27. The van der Waals surface area contributed by atoms with Crippen LogP contribution in [0.5, 0.6) is 5.75 Å². The molecule has 0 saturated heterocycles. The van der Waals surface area contributed by atoms with Crippen LogP contribution in [0.1, 0.15) is 29.2 Å². The number of phenolic OH excluding ortho intramolecular Hbond substituents is 1. The molecule has 0 heterocycles. The van der Waals surface area contributed by atoms with Crippen LogP contribution in [-0.2, 0) is 14.8 Å². The predicted octanol–water partition coefficient (Wildman–Crippen LogP) is 4.63. The molecule has 172 valence electrons. The standard InChI is InChI=1S/C23H21BrIN3O4S/c1-15-7-9-19(10-8-15)33(31,32)28-21(16-5-3-2-4-6-16)13-22(29)27-26-14-17-11-18(24)12-20(25)23(17)30/h2-12,14,21,28,30H,13H2,1H3,(H,27,29)/b26-14-/t21-/m0/s1. The van der Waals surface area contributed by atoms with Crippen molar-refractivity contribution >= 4 is 60.7 Å². The summed E-state index contributed by atoms with van der Waals surface area (Å²) in [5.41, 5.74) is 4.41. The molecule has 0 bridgehead atoms. The Morgan fingerprint density at radius 2 is 1.82 bits per heavy atom. The average Bonchev–Trinajstić information content (AvgIpc) is 2.77. The highest BCUT2D eigenvalue weighted by Gasteiger charge is 2.23. The van der Waals surface area contributed by atoms with E-state index in [9.17, 15) is 18.3 Å². The van der Waals surface area contributed by atoms with E-state index in [0.29, 0.717) is 14.7 Å². The van der Waals surface area contributed by atoms with Crippen LogP contribution in [-0.4, -0.2) is 25.6 Å². The lowest BCUT2D eigenvalue weighted by atomic mass is 10.0. The molecule has 3 aromatic carbocycles. The Morgan fingerprint density at radius 1 is 1.15 bits per heavy atom. The number of hydrogen-bond donors (Lipinski definition) is 3. The second kappa shape index (κ2) is 11.2. The molecule has 3 rings (SSSR count). The first kappa shape index (κ1) is 25.3. The number of hydrazone groups is 1. The molecule has 1 amide bonds. The number of aryl methyl sites for hydroxylation is 1. The summed E-state index contributed by atoms with van der Waals surface area (Å²) in [5, 5.41) is 14.0. The minimum Gasteiger partial charge on any atom is -0.506 e. The van der Waals surface area contributed by atoms with Gasteiger partial charge in [0.1, 0.15) is 5.75 Å². The highest BCUT2D eigenvalue weighted by atomic mass is 127. The molecular weight excluding hydrogens is 621 g/mol. The molecule has 3 N–H and O–H groups in total. The number of aromatic hydroxyl groups is 1. The highest BCUT2D eigenvalue weighted by molar-refractivity contribution is 14.1. The first-order chi connectivity index (χ1) is 15.7. The van der Waals surface area contributed by atoms with Crippen LogP contribution in [0.3, 0.4) is 0 Å². The van der Waals surface area contributed by atoms with E-state index in [4.69, 9.17) is 0 Å². The lowest BCUT2D eigenvalue weighted by molar-refractivity contribution is -0.121. The summed E-state index contributed by atoms with van der Waals surface area (Å²) in [6.45, 7) is 1.87. The van der Waals surface area contributed by atoms with Gasteiger partial charge in [0.25, 0.3) is 0 Å². The molecule has 0 aliphatic heterocycles. The molecule has 0 aliphatic rings. The van der Waals surface area contributed by atoms with Gasteiger partial charge in [0.15, 0.2) is 0 Å². The zero-order valence-corrected chi connectivity index (χ0v) is 22.1. The van der Waals surface area contributed by atoms with E-state index < -0.39 is 22.0 Å². The van der Waals surface area contributed by atoms with Gasteiger partial charge in [0, 0.05) is 16.5 Å². The van der Waals surface area contributed by atoms with Crippen molar-refractivity contribution in [3.63, 3.8) is 0 Å². The number of rotatable bonds is 8. The summed E-state index contributed by atoms with van der Waals surface area (Å²) in [4.78, 5) is 12.7. The molecule has 0 aromatic heterocycles. The zero-order valence-electron chi connectivity index (χ0n) is 17.5. The normalized spacial score (nSPS) is 12.6. The molecule has 33 heavy (non-hydrogen) atoms. The summed E-state index contributed by atoms with van der Waals surface area (Å²) in [5.74, 6) is -0.444. The third-order valence-corrected chi connectivity index (χ3v) is 7.44. The lowest BCUT2D eigenvalue weighted by Gasteiger charge is -2.18. The van der Waals surface area contributed by atoms with E-state index in [2.05, 4.69) is 31.2 Å². The van der Waals surface area contributed by atoms with Gasteiger partial charge >= 0.3 is 0 Å². The van der Waals surface area contributed by atoms with Gasteiger partial charge in [0.2, 0.25) is 15.9 Å². The molecule has 0 fully saturated rings. The summed E-state index contributed by atoms with van der Waals surface area (Å²) in [6.07, 6.45) is 1.16.